The first-order valence-electron chi connectivity index (χ1n) is 2.68. The molecule has 0 fully saturated rings. The van der Waals surface area contributed by atoms with Gasteiger partial charge in [0.1, 0.15) is 0 Å². The van der Waals surface area contributed by atoms with Crippen LogP contribution in [0.5, 0.6) is 5.88 Å². The van der Waals surface area contributed by atoms with Gasteiger partial charge in [0.05, 0.1) is 28.6 Å². The second-order valence-electron chi connectivity index (χ2n) is 1.71. The maximum atomic E-state index is 8.96. The molecule has 0 aliphatic rings. The van der Waals surface area contributed by atoms with Crippen molar-refractivity contribution in [3.63, 3.8) is 0 Å². The standard InChI is InChI=1S/C5H7IN2O/c1-2-4-3-5(9)8(6)7-4/h3,9H,2H2,1H3. The van der Waals surface area contributed by atoms with Gasteiger partial charge >= 0.3 is 0 Å². The summed E-state index contributed by atoms with van der Waals surface area (Å²) in [6.07, 6.45) is 0.865. The van der Waals surface area contributed by atoms with Gasteiger partial charge in [-0.3, -0.25) is 0 Å². The minimum absolute atomic E-state index is 0.215. The SMILES string of the molecule is CCc1cc(O)n(I)n1. The van der Waals surface area contributed by atoms with Crippen LogP contribution < -0.4 is 0 Å². The predicted octanol–water partition coefficient (Wildman–Crippen LogP) is 1.35. The van der Waals surface area contributed by atoms with E-state index in [4.69, 9.17) is 5.11 Å². The van der Waals surface area contributed by atoms with Crippen LogP contribution in [0.2, 0.25) is 0 Å². The molecule has 0 atom stereocenters. The van der Waals surface area contributed by atoms with Crippen LogP contribution in [-0.2, 0) is 6.42 Å². The highest BCUT2D eigenvalue weighted by molar-refractivity contribution is 14.1. The van der Waals surface area contributed by atoms with E-state index in [9.17, 15) is 0 Å². The molecule has 0 amide bonds. The van der Waals surface area contributed by atoms with E-state index in [-0.39, 0.29) is 5.88 Å². The van der Waals surface area contributed by atoms with Gasteiger partial charge in [-0.2, -0.15) is 7.99 Å². The molecule has 1 heterocycles. The predicted molar refractivity (Wildman–Crippen MR) is 42.7 cm³/mol. The van der Waals surface area contributed by atoms with Gasteiger partial charge in [0.15, 0.2) is 0 Å². The van der Waals surface area contributed by atoms with E-state index >= 15 is 0 Å². The number of hydrogen-bond donors (Lipinski definition) is 1. The summed E-state index contributed by atoms with van der Waals surface area (Å²) in [6.45, 7) is 2.00. The van der Waals surface area contributed by atoms with E-state index in [2.05, 4.69) is 5.10 Å². The van der Waals surface area contributed by atoms with Crippen LogP contribution in [0.4, 0.5) is 0 Å². The minimum Gasteiger partial charge on any atom is -0.493 e. The van der Waals surface area contributed by atoms with E-state index in [0.29, 0.717) is 0 Å². The van der Waals surface area contributed by atoms with Gasteiger partial charge in [-0.15, -0.1) is 0 Å². The number of hydrogen-bond acceptors (Lipinski definition) is 2. The van der Waals surface area contributed by atoms with E-state index in [1.165, 1.54) is 2.90 Å². The molecule has 1 rings (SSSR count). The van der Waals surface area contributed by atoms with Crippen molar-refractivity contribution in [3.05, 3.63) is 11.8 Å². The highest BCUT2D eigenvalue weighted by Crippen LogP contribution is 2.13. The molecule has 3 nitrogen and oxygen atoms in total. The first-order chi connectivity index (χ1) is 4.24. The van der Waals surface area contributed by atoms with Gasteiger partial charge in [0.25, 0.3) is 0 Å². The molecule has 0 unspecified atom stereocenters. The summed E-state index contributed by atoms with van der Waals surface area (Å²) in [7, 11) is 0. The zero-order chi connectivity index (χ0) is 6.85. The molecule has 0 aromatic carbocycles. The Labute approximate surface area is 67.2 Å². The van der Waals surface area contributed by atoms with Gasteiger partial charge in [-0.1, -0.05) is 6.92 Å². The van der Waals surface area contributed by atoms with Crippen molar-refractivity contribution in [1.82, 2.24) is 7.99 Å². The largest absolute Gasteiger partial charge is 0.493 e. The lowest BCUT2D eigenvalue weighted by molar-refractivity contribution is 0.449. The summed E-state index contributed by atoms with van der Waals surface area (Å²) in [5, 5.41) is 12.9. The average molecular weight is 238 g/mol. The molecule has 50 valence electrons. The van der Waals surface area contributed by atoms with Crippen molar-refractivity contribution in [2.75, 3.05) is 0 Å². The summed E-state index contributed by atoms with van der Waals surface area (Å²) in [6, 6.07) is 1.66. The Morgan fingerprint density at radius 2 is 2.56 bits per heavy atom. The Balaban J connectivity index is 2.98. The van der Waals surface area contributed by atoms with E-state index in [0.717, 1.165) is 12.1 Å². The molecular weight excluding hydrogens is 231 g/mol. The Morgan fingerprint density at radius 3 is 2.78 bits per heavy atom. The molecule has 0 spiro atoms. The number of nitrogens with zero attached hydrogens (tertiary/aromatic N) is 2. The molecule has 0 aliphatic carbocycles. The normalized spacial score (nSPS) is 10.0. The molecule has 1 N–H and O–H groups in total. The highest BCUT2D eigenvalue weighted by Gasteiger charge is 1.99. The molecule has 4 heteroatoms. The maximum absolute atomic E-state index is 8.96. The third kappa shape index (κ3) is 1.35. The van der Waals surface area contributed by atoms with E-state index < -0.39 is 0 Å². The number of halogens is 1. The third-order valence-corrected chi connectivity index (χ3v) is 1.77. The first-order valence-corrected chi connectivity index (χ1v) is 3.64. The van der Waals surface area contributed by atoms with Crippen LogP contribution in [0.15, 0.2) is 6.07 Å². The minimum atomic E-state index is 0.215. The van der Waals surface area contributed by atoms with Crippen molar-refractivity contribution in [2.24, 2.45) is 0 Å². The zero-order valence-corrected chi connectivity index (χ0v) is 7.16. The Bertz CT molecular complexity index is 189. The monoisotopic (exact) mass is 238 g/mol. The quantitative estimate of drug-likeness (QED) is 0.750. The van der Waals surface area contributed by atoms with Crippen LogP contribution in [0, 0.1) is 0 Å². The highest BCUT2D eigenvalue weighted by atomic mass is 127. The van der Waals surface area contributed by atoms with Crippen LogP contribution in [0.25, 0.3) is 0 Å². The molecule has 1 aromatic rings. The van der Waals surface area contributed by atoms with E-state index in [1.54, 1.807) is 6.07 Å². The number of aromatic hydroxyl groups is 1. The summed E-state index contributed by atoms with van der Waals surface area (Å²) in [5.41, 5.74) is 0.918. The van der Waals surface area contributed by atoms with Crippen molar-refractivity contribution >= 4 is 22.9 Å². The summed E-state index contributed by atoms with van der Waals surface area (Å²) < 4.78 is 1.43. The van der Waals surface area contributed by atoms with Crippen molar-refractivity contribution in [1.29, 1.82) is 0 Å². The van der Waals surface area contributed by atoms with Crippen LogP contribution in [0.1, 0.15) is 12.6 Å². The topological polar surface area (TPSA) is 38.0 Å². The maximum Gasteiger partial charge on any atom is 0.219 e. The fourth-order valence-corrected chi connectivity index (χ4v) is 0.984. The molecule has 0 aliphatic heterocycles. The number of aryl methyl sites for hydroxylation is 1. The lowest BCUT2D eigenvalue weighted by Crippen LogP contribution is -1.82. The van der Waals surface area contributed by atoms with Crippen LogP contribution in [0.3, 0.4) is 0 Å². The smallest absolute Gasteiger partial charge is 0.219 e. The molecule has 0 saturated carbocycles. The lowest BCUT2D eigenvalue weighted by atomic mass is 10.3. The Kier molecular flexibility index (Phi) is 1.94. The molecule has 0 saturated heterocycles. The van der Waals surface area contributed by atoms with Crippen LogP contribution in [-0.4, -0.2) is 13.1 Å². The summed E-state index contributed by atoms with van der Waals surface area (Å²) in [4.78, 5) is 0. The van der Waals surface area contributed by atoms with Crippen LogP contribution >= 0.6 is 22.9 Å². The van der Waals surface area contributed by atoms with Crippen molar-refractivity contribution < 1.29 is 5.11 Å². The van der Waals surface area contributed by atoms with Crippen molar-refractivity contribution in [2.45, 2.75) is 13.3 Å². The van der Waals surface area contributed by atoms with Gasteiger partial charge in [-0.25, -0.2) is 0 Å². The van der Waals surface area contributed by atoms with Crippen molar-refractivity contribution in [3.8, 4) is 5.88 Å². The summed E-state index contributed by atoms with van der Waals surface area (Å²) >= 11 is 1.92. The lowest BCUT2D eigenvalue weighted by Gasteiger charge is -1.83. The molecule has 0 bridgehead atoms. The number of rotatable bonds is 1. The fraction of sp³-hybridized carbons (Fsp3) is 0.400. The molecule has 1 aromatic heterocycles. The summed E-state index contributed by atoms with van der Waals surface area (Å²) in [5.74, 6) is 0.215. The second kappa shape index (κ2) is 2.55. The molecular formula is C5H7IN2O. The number of aromatic nitrogens is 2. The Morgan fingerprint density at radius 1 is 1.89 bits per heavy atom. The fourth-order valence-electron chi connectivity index (χ4n) is 0.568. The average Bonchev–Trinajstić information content (AvgIpc) is 2.13. The van der Waals surface area contributed by atoms with Gasteiger partial charge in [0, 0.05) is 6.07 Å². The van der Waals surface area contributed by atoms with Gasteiger partial charge in [0.2, 0.25) is 5.88 Å². The van der Waals surface area contributed by atoms with Gasteiger partial charge in [-0.05, 0) is 6.42 Å². The second-order valence-corrected chi connectivity index (χ2v) is 2.62. The van der Waals surface area contributed by atoms with E-state index in [1.807, 2.05) is 29.8 Å². The molecule has 9 heavy (non-hydrogen) atoms. The van der Waals surface area contributed by atoms with Gasteiger partial charge < -0.3 is 5.11 Å². The third-order valence-electron chi connectivity index (χ3n) is 1.06. The Hall–Kier alpha value is -0.260. The zero-order valence-electron chi connectivity index (χ0n) is 5.00. The molecule has 0 radical (unpaired) electrons. The first kappa shape index (κ1) is 6.85.